The lowest BCUT2D eigenvalue weighted by atomic mass is 10.2. The Balaban J connectivity index is 4.28. The van der Waals surface area contributed by atoms with Crippen LogP contribution < -0.4 is 0 Å². The Morgan fingerprint density at radius 2 is 1.78 bits per heavy atom. The molecule has 1 unspecified atom stereocenters. The van der Waals surface area contributed by atoms with Gasteiger partial charge in [-0.25, -0.2) is 0 Å². The molecule has 0 fully saturated rings. The fourth-order valence-corrected chi connectivity index (χ4v) is 2.78. The maximum absolute atomic E-state index is 10.8. The molecule has 0 N–H and O–H groups in total. The Labute approximate surface area is 113 Å². The molecular formula is C12H26O4SSi. The van der Waals surface area contributed by atoms with E-state index in [0.29, 0.717) is 0 Å². The van der Waals surface area contributed by atoms with Gasteiger partial charge in [0.2, 0.25) is 0 Å². The SMILES string of the molecule is CC(C=CCOS(C)(=O)=O)O[Si](C)(C)C(C)(C)C. The molecule has 0 radical (unpaired) electrons. The van der Waals surface area contributed by atoms with E-state index in [2.05, 4.69) is 38.0 Å². The predicted molar refractivity (Wildman–Crippen MR) is 77.7 cm³/mol. The summed E-state index contributed by atoms with van der Waals surface area (Å²) in [5.74, 6) is 0. The van der Waals surface area contributed by atoms with E-state index in [0.717, 1.165) is 6.26 Å². The molecule has 0 spiro atoms. The van der Waals surface area contributed by atoms with Crippen molar-refractivity contribution in [2.24, 2.45) is 0 Å². The van der Waals surface area contributed by atoms with E-state index in [1.807, 2.05) is 13.0 Å². The molecule has 0 rings (SSSR count). The molecule has 108 valence electrons. The summed E-state index contributed by atoms with van der Waals surface area (Å²) in [7, 11) is -5.14. The molecule has 0 saturated heterocycles. The van der Waals surface area contributed by atoms with Crippen molar-refractivity contribution < 1.29 is 17.0 Å². The largest absolute Gasteiger partial charge is 0.411 e. The van der Waals surface area contributed by atoms with Crippen LogP contribution in [0.5, 0.6) is 0 Å². The van der Waals surface area contributed by atoms with Crippen molar-refractivity contribution >= 4 is 18.4 Å². The van der Waals surface area contributed by atoms with Gasteiger partial charge in [-0.2, -0.15) is 8.42 Å². The number of hydrogen-bond acceptors (Lipinski definition) is 4. The second-order valence-corrected chi connectivity index (χ2v) is 12.4. The van der Waals surface area contributed by atoms with Gasteiger partial charge in [-0.05, 0) is 25.1 Å². The van der Waals surface area contributed by atoms with Crippen molar-refractivity contribution in [2.75, 3.05) is 12.9 Å². The summed E-state index contributed by atoms with van der Waals surface area (Å²) < 4.78 is 32.2. The van der Waals surface area contributed by atoms with E-state index in [-0.39, 0.29) is 17.7 Å². The zero-order valence-electron chi connectivity index (χ0n) is 12.5. The molecule has 0 heterocycles. The average molecular weight is 294 g/mol. The summed E-state index contributed by atoms with van der Waals surface area (Å²) in [5.41, 5.74) is 0. The minimum absolute atomic E-state index is 0.0333. The van der Waals surface area contributed by atoms with Gasteiger partial charge in [0.05, 0.1) is 19.0 Å². The van der Waals surface area contributed by atoms with Gasteiger partial charge in [0.25, 0.3) is 10.1 Å². The molecule has 0 bridgehead atoms. The summed E-state index contributed by atoms with van der Waals surface area (Å²) in [6.07, 6.45) is 4.52. The lowest BCUT2D eigenvalue weighted by molar-refractivity contribution is 0.242. The molecule has 0 saturated carbocycles. The quantitative estimate of drug-likeness (QED) is 0.429. The Hall–Kier alpha value is -0.173. The molecule has 4 nitrogen and oxygen atoms in total. The van der Waals surface area contributed by atoms with Crippen molar-refractivity contribution in [3.8, 4) is 0 Å². The molecule has 0 aliphatic heterocycles. The van der Waals surface area contributed by atoms with Crippen LogP contribution in [-0.4, -0.2) is 35.7 Å². The molecule has 0 aromatic rings. The summed E-state index contributed by atoms with van der Waals surface area (Å²) in [4.78, 5) is 0. The highest BCUT2D eigenvalue weighted by molar-refractivity contribution is 7.85. The summed E-state index contributed by atoms with van der Waals surface area (Å²) >= 11 is 0. The minimum atomic E-state index is -3.36. The first-order valence-corrected chi connectivity index (χ1v) is 10.8. The van der Waals surface area contributed by atoms with Gasteiger partial charge in [0, 0.05) is 0 Å². The Kier molecular flexibility index (Phi) is 6.26. The predicted octanol–water partition coefficient (Wildman–Crippen LogP) is 2.93. The van der Waals surface area contributed by atoms with Crippen molar-refractivity contribution in [3.05, 3.63) is 12.2 Å². The van der Waals surface area contributed by atoms with Gasteiger partial charge in [-0.15, -0.1) is 0 Å². The van der Waals surface area contributed by atoms with Gasteiger partial charge >= 0.3 is 0 Å². The van der Waals surface area contributed by atoms with E-state index >= 15 is 0 Å². The van der Waals surface area contributed by atoms with Crippen LogP contribution >= 0.6 is 0 Å². The van der Waals surface area contributed by atoms with Gasteiger partial charge in [0.1, 0.15) is 0 Å². The Morgan fingerprint density at radius 1 is 1.28 bits per heavy atom. The Morgan fingerprint density at radius 3 is 2.17 bits per heavy atom. The van der Waals surface area contributed by atoms with Crippen LogP contribution in [0.3, 0.4) is 0 Å². The summed E-state index contributed by atoms with van der Waals surface area (Å²) in [6, 6.07) is 0. The highest BCUT2D eigenvalue weighted by atomic mass is 32.2. The highest BCUT2D eigenvalue weighted by Gasteiger charge is 2.37. The standard InChI is InChI=1S/C12H26O4SSi/c1-11(9-8-10-15-17(5,13)14)16-18(6,7)12(2,3)4/h8-9,11H,10H2,1-7H3. The van der Waals surface area contributed by atoms with E-state index in [9.17, 15) is 8.42 Å². The molecule has 0 aromatic heterocycles. The molecule has 6 heteroatoms. The van der Waals surface area contributed by atoms with Gasteiger partial charge < -0.3 is 4.43 Å². The van der Waals surface area contributed by atoms with E-state index < -0.39 is 18.4 Å². The van der Waals surface area contributed by atoms with Gasteiger partial charge in [0.15, 0.2) is 8.32 Å². The molecule has 1 atom stereocenters. The first kappa shape index (κ1) is 17.8. The van der Waals surface area contributed by atoms with Crippen molar-refractivity contribution in [3.63, 3.8) is 0 Å². The second kappa shape index (κ2) is 6.32. The molecule has 18 heavy (non-hydrogen) atoms. The zero-order chi connectivity index (χ0) is 14.6. The zero-order valence-corrected chi connectivity index (χ0v) is 14.3. The van der Waals surface area contributed by atoms with E-state index in [4.69, 9.17) is 4.43 Å². The monoisotopic (exact) mass is 294 g/mol. The maximum Gasteiger partial charge on any atom is 0.264 e. The molecule has 0 aliphatic carbocycles. The molecule has 0 amide bonds. The van der Waals surface area contributed by atoms with Crippen LogP contribution in [0.25, 0.3) is 0 Å². The number of rotatable bonds is 6. The van der Waals surface area contributed by atoms with E-state index in [1.165, 1.54) is 0 Å². The summed E-state index contributed by atoms with van der Waals surface area (Å²) in [5, 5.41) is 0.165. The van der Waals surface area contributed by atoms with Crippen LogP contribution in [0, 0.1) is 0 Å². The van der Waals surface area contributed by atoms with Gasteiger partial charge in [-0.3, -0.25) is 4.18 Å². The smallest absolute Gasteiger partial charge is 0.264 e. The molecule has 0 aliphatic rings. The van der Waals surface area contributed by atoms with Crippen molar-refractivity contribution in [1.82, 2.24) is 0 Å². The first-order valence-electron chi connectivity index (χ1n) is 6.04. The third-order valence-electron chi connectivity index (χ3n) is 3.07. The fraction of sp³-hybridized carbons (Fsp3) is 0.833. The van der Waals surface area contributed by atoms with Crippen LogP contribution in [0.4, 0.5) is 0 Å². The van der Waals surface area contributed by atoms with Gasteiger partial charge in [-0.1, -0.05) is 32.9 Å². The topological polar surface area (TPSA) is 52.6 Å². The fourth-order valence-electron chi connectivity index (χ4n) is 1.09. The lowest BCUT2D eigenvalue weighted by Gasteiger charge is -2.37. The Bertz CT molecular complexity index is 379. The normalized spacial score (nSPS) is 16.2. The highest BCUT2D eigenvalue weighted by Crippen LogP contribution is 2.37. The van der Waals surface area contributed by atoms with Crippen LogP contribution in [0.2, 0.25) is 18.1 Å². The first-order chi connectivity index (χ1) is 7.85. The maximum atomic E-state index is 10.8. The van der Waals surface area contributed by atoms with Crippen LogP contribution in [-0.2, 0) is 18.7 Å². The second-order valence-electron chi connectivity index (χ2n) is 6.00. The van der Waals surface area contributed by atoms with E-state index in [1.54, 1.807) is 6.08 Å². The van der Waals surface area contributed by atoms with Crippen LogP contribution in [0.1, 0.15) is 27.7 Å². The van der Waals surface area contributed by atoms with Crippen molar-refractivity contribution in [1.29, 1.82) is 0 Å². The third kappa shape index (κ3) is 7.30. The lowest BCUT2D eigenvalue weighted by Crippen LogP contribution is -2.42. The van der Waals surface area contributed by atoms with Crippen molar-refractivity contribution in [2.45, 2.75) is 51.9 Å². The number of hydrogen-bond donors (Lipinski definition) is 0. The minimum Gasteiger partial charge on any atom is -0.411 e. The average Bonchev–Trinajstić information content (AvgIpc) is 2.08. The molecular weight excluding hydrogens is 268 g/mol. The van der Waals surface area contributed by atoms with Crippen LogP contribution in [0.15, 0.2) is 12.2 Å². The summed E-state index contributed by atoms with van der Waals surface area (Å²) in [6.45, 7) is 12.9. The third-order valence-corrected chi connectivity index (χ3v) is 8.21. The molecule has 0 aromatic carbocycles.